The van der Waals surface area contributed by atoms with Gasteiger partial charge in [0, 0.05) is 6.08 Å². The number of carbonyl (C=O) groups is 4. The third-order valence-electron chi connectivity index (χ3n) is 3.88. The zero-order valence-corrected chi connectivity index (χ0v) is 13.6. The first-order valence-electron chi connectivity index (χ1n) is 7.80. The number of hydrogen-bond acceptors (Lipinski definition) is 4. The Bertz CT molecular complexity index is 872. The summed E-state index contributed by atoms with van der Waals surface area (Å²) >= 11 is 0. The summed E-state index contributed by atoms with van der Waals surface area (Å²) in [5.41, 5.74) is -1.01. The summed E-state index contributed by atoms with van der Waals surface area (Å²) in [6, 6.07) is 16.2. The van der Waals surface area contributed by atoms with Gasteiger partial charge in [-0.25, -0.2) is 4.79 Å². The fourth-order valence-electron chi connectivity index (χ4n) is 2.63. The Kier molecular flexibility index (Phi) is 4.62. The van der Waals surface area contributed by atoms with E-state index < -0.39 is 29.3 Å². The van der Waals surface area contributed by atoms with Gasteiger partial charge < -0.3 is 5.32 Å². The molecule has 130 valence electrons. The van der Waals surface area contributed by atoms with E-state index in [2.05, 4.69) is 5.32 Å². The molecule has 3 rings (SSSR count). The zero-order chi connectivity index (χ0) is 18.6. The van der Waals surface area contributed by atoms with Gasteiger partial charge in [0.2, 0.25) is 11.4 Å². The van der Waals surface area contributed by atoms with E-state index in [-0.39, 0.29) is 5.56 Å². The third kappa shape index (κ3) is 3.23. The monoisotopic (exact) mass is 349 g/mol. The van der Waals surface area contributed by atoms with Gasteiger partial charge in [-0.2, -0.15) is 0 Å². The average Bonchev–Trinajstić information content (AvgIpc) is 2.64. The minimum atomic E-state index is -2.03. The SMILES string of the molecule is O=C(C=Cc1ccccc1)NC1(c2ccccc2)C(=O)NC(=O)NC1=O. The molecular weight excluding hydrogens is 334 g/mol. The first-order chi connectivity index (χ1) is 12.5. The number of nitrogens with one attached hydrogen (secondary N) is 3. The molecule has 7 heteroatoms. The second-order valence-electron chi connectivity index (χ2n) is 5.59. The van der Waals surface area contributed by atoms with Crippen LogP contribution in [0.3, 0.4) is 0 Å². The van der Waals surface area contributed by atoms with Crippen molar-refractivity contribution in [2.75, 3.05) is 0 Å². The molecule has 0 atom stereocenters. The quantitative estimate of drug-likeness (QED) is 0.567. The van der Waals surface area contributed by atoms with Crippen LogP contribution in [0.15, 0.2) is 66.7 Å². The fourth-order valence-corrected chi connectivity index (χ4v) is 2.63. The highest BCUT2D eigenvalue weighted by Gasteiger charge is 2.52. The Morgan fingerprint density at radius 2 is 1.38 bits per heavy atom. The van der Waals surface area contributed by atoms with Crippen LogP contribution < -0.4 is 16.0 Å². The topological polar surface area (TPSA) is 104 Å². The van der Waals surface area contributed by atoms with Crippen LogP contribution in [-0.2, 0) is 19.9 Å². The minimum absolute atomic E-state index is 0.240. The molecule has 1 heterocycles. The molecule has 0 spiro atoms. The van der Waals surface area contributed by atoms with Crippen LogP contribution in [0.25, 0.3) is 6.08 Å². The molecule has 0 radical (unpaired) electrons. The molecule has 1 aliphatic rings. The van der Waals surface area contributed by atoms with Gasteiger partial charge in [-0.1, -0.05) is 60.7 Å². The summed E-state index contributed by atoms with van der Waals surface area (Å²) in [6.07, 6.45) is 2.77. The molecule has 0 saturated carbocycles. The van der Waals surface area contributed by atoms with E-state index >= 15 is 0 Å². The first kappa shape index (κ1) is 17.1. The lowest BCUT2D eigenvalue weighted by molar-refractivity contribution is -0.143. The molecule has 26 heavy (non-hydrogen) atoms. The van der Waals surface area contributed by atoms with Crippen molar-refractivity contribution in [1.82, 2.24) is 16.0 Å². The Balaban J connectivity index is 1.93. The second-order valence-corrected chi connectivity index (χ2v) is 5.59. The Hall–Kier alpha value is -3.74. The van der Waals surface area contributed by atoms with Crippen molar-refractivity contribution < 1.29 is 19.2 Å². The lowest BCUT2D eigenvalue weighted by Crippen LogP contribution is -2.71. The van der Waals surface area contributed by atoms with Gasteiger partial charge in [0.05, 0.1) is 0 Å². The Morgan fingerprint density at radius 3 is 1.96 bits per heavy atom. The van der Waals surface area contributed by atoms with Crippen LogP contribution in [0.1, 0.15) is 11.1 Å². The van der Waals surface area contributed by atoms with Gasteiger partial charge in [0.15, 0.2) is 0 Å². The average molecular weight is 349 g/mol. The van der Waals surface area contributed by atoms with Gasteiger partial charge in [0.25, 0.3) is 11.8 Å². The molecule has 0 aliphatic carbocycles. The fraction of sp³-hybridized carbons (Fsp3) is 0.0526. The van der Waals surface area contributed by atoms with Crippen molar-refractivity contribution >= 4 is 29.8 Å². The van der Waals surface area contributed by atoms with Crippen molar-refractivity contribution in [3.05, 3.63) is 77.9 Å². The van der Waals surface area contributed by atoms with Crippen LogP contribution >= 0.6 is 0 Å². The first-order valence-corrected chi connectivity index (χ1v) is 7.80. The molecule has 2 aromatic rings. The molecule has 7 nitrogen and oxygen atoms in total. The second kappa shape index (κ2) is 7.02. The molecule has 3 N–H and O–H groups in total. The summed E-state index contributed by atoms with van der Waals surface area (Å²) in [6.45, 7) is 0. The zero-order valence-electron chi connectivity index (χ0n) is 13.6. The molecule has 0 unspecified atom stereocenters. The number of imide groups is 2. The van der Waals surface area contributed by atoms with Gasteiger partial charge in [-0.3, -0.25) is 25.0 Å². The van der Waals surface area contributed by atoms with Crippen molar-refractivity contribution in [3.8, 4) is 0 Å². The van der Waals surface area contributed by atoms with Gasteiger partial charge in [0.1, 0.15) is 0 Å². The number of barbiturate groups is 1. The maximum Gasteiger partial charge on any atom is 0.328 e. The van der Waals surface area contributed by atoms with E-state index in [4.69, 9.17) is 0 Å². The minimum Gasteiger partial charge on any atom is -0.327 e. The van der Waals surface area contributed by atoms with Gasteiger partial charge >= 0.3 is 6.03 Å². The molecule has 0 bridgehead atoms. The standard InChI is InChI=1S/C19H15N3O4/c23-15(12-11-13-7-3-1-4-8-13)22-19(14-9-5-2-6-10-14)16(24)20-18(26)21-17(19)25/h1-12H,(H,22,23)(H2,20,21,24,25,26). The van der Waals surface area contributed by atoms with E-state index in [1.54, 1.807) is 36.4 Å². The Labute approximate surface area is 149 Å². The number of benzene rings is 2. The van der Waals surface area contributed by atoms with Crippen LogP contribution in [0.4, 0.5) is 4.79 Å². The lowest BCUT2D eigenvalue weighted by atomic mass is 9.86. The van der Waals surface area contributed by atoms with Crippen molar-refractivity contribution in [1.29, 1.82) is 0 Å². The summed E-state index contributed by atoms with van der Waals surface area (Å²) in [4.78, 5) is 48.8. The van der Waals surface area contributed by atoms with E-state index in [0.29, 0.717) is 0 Å². The summed E-state index contributed by atoms with van der Waals surface area (Å²) in [5.74, 6) is -2.49. The number of hydrogen-bond donors (Lipinski definition) is 3. The highest BCUT2D eigenvalue weighted by atomic mass is 16.2. The maximum absolute atomic E-state index is 12.5. The van der Waals surface area contributed by atoms with Crippen LogP contribution in [-0.4, -0.2) is 23.8 Å². The highest BCUT2D eigenvalue weighted by Crippen LogP contribution is 2.24. The van der Waals surface area contributed by atoms with Crippen molar-refractivity contribution in [2.24, 2.45) is 0 Å². The third-order valence-corrected chi connectivity index (χ3v) is 3.88. The number of amides is 5. The number of carbonyl (C=O) groups excluding carboxylic acids is 4. The van der Waals surface area contributed by atoms with E-state index in [0.717, 1.165) is 5.56 Å². The maximum atomic E-state index is 12.5. The molecule has 0 aromatic heterocycles. The largest absolute Gasteiger partial charge is 0.328 e. The predicted octanol–water partition coefficient (Wildman–Crippen LogP) is 1.08. The van der Waals surface area contributed by atoms with Gasteiger partial charge in [-0.15, -0.1) is 0 Å². The van der Waals surface area contributed by atoms with Crippen LogP contribution in [0, 0.1) is 0 Å². The smallest absolute Gasteiger partial charge is 0.327 e. The summed E-state index contributed by atoms with van der Waals surface area (Å²) in [7, 11) is 0. The van der Waals surface area contributed by atoms with E-state index in [1.807, 2.05) is 28.8 Å². The lowest BCUT2D eigenvalue weighted by Gasteiger charge is -2.34. The van der Waals surface area contributed by atoms with E-state index in [1.165, 1.54) is 18.2 Å². The molecule has 1 fully saturated rings. The molecular formula is C19H15N3O4. The van der Waals surface area contributed by atoms with Crippen LogP contribution in [0.2, 0.25) is 0 Å². The summed E-state index contributed by atoms with van der Waals surface area (Å²) < 4.78 is 0. The molecule has 1 aliphatic heterocycles. The van der Waals surface area contributed by atoms with Crippen molar-refractivity contribution in [3.63, 3.8) is 0 Å². The molecule has 1 saturated heterocycles. The number of urea groups is 1. The van der Waals surface area contributed by atoms with Gasteiger partial charge in [-0.05, 0) is 17.2 Å². The Morgan fingerprint density at radius 1 is 0.846 bits per heavy atom. The highest BCUT2D eigenvalue weighted by molar-refractivity contribution is 6.24. The number of rotatable bonds is 4. The van der Waals surface area contributed by atoms with Crippen LogP contribution in [0.5, 0.6) is 0 Å². The normalized spacial score (nSPS) is 16.1. The predicted molar refractivity (Wildman–Crippen MR) is 93.4 cm³/mol. The summed E-state index contributed by atoms with van der Waals surface area (Å²) in [5, 5.41) is 6.50. The molecule has 2 aromatic carbocycles. The van der Waals surface area contributed by atoms with E-state index in [9.17, 15) is 19.2 Å². The molecule has 5 amide bonds. The van der Waals surface area contributed by atoms with Crippen molar-refractivity contribution in [2.45, 2.75) is 5.54 Å².